The Labute approximate surface area is 110 Å². The molecule has 0 aliphatic carbocycles. The van der Waals surface area contributed by atoms with Crippen LogP contribution in [-0.2, 0) is 15.3 Å². The van der Waals surface area contributed by atoms with Crippen molar-refractivity contribution in [2.75, 3.05) is 18.6 Å². The second-order valence-corrected chi connectivity index (χ2v) is 7.80. The van der Waals surface area contributed by atoms with Gasteiger partial charge in [0.05, 0.1) is 5.75 Å². The highest BCUT2D eigenvalue weighted by atomic mass is 32.2. The molecule has 4 heteroatoms. The normalized spacial score (nSPS) is 14.5. The van der Waals surface area contributed by atoms with E-state index in [-0.39, 0.29) is 18.3 Å². The van der Waals surface area contributed by atoms with Crippen LogP contribution < -0.4 is 0 Å². The molecule has 0 radical (unpaired) electrons. The zero-order chi connectivity index (χ0) is 14.0. The number of benzene rings is 1. The van der Waals surface area contributed by atoms with Gasteiger partial charge in [-0.05, 0) is 11.1 Å². The summed E-state index contributed by atoms with van der Waals surface area (Å²) in [4.78, 5) is 0. The molecular weight excluding hydrogens is 248 g/mol. The van der Waals surface area contributed by atoms with Crippen LogP contribution in [0.3, 0.4) is 0 Å². The molecule has 0 spiro atoms. The molecular formula is C14H22O3S. The lowest BCUT2D eigenvalue weighted by molar-refractivity contribution is 0.273. The molecule has 0 fully saturated rings. The average Bonchev–Trinajstić information content (AvgIpc) is 2.25. The minimum absolute atomic E-state index is 0.108. The molecule has 1 aromatic carbocycles. The molecule has 0 saturated carbocycles. The topological polar surface area (TPSA) is 54.4 Å². The lowest BCUT2D eigenvalue weighted by Crippen LogP contribution is -2.27. The molecule has 102 valence electrons. The van der Waals surface area contributed by atoms with Crippen LogP contribution in [0, 0.1) is 0 Å². The monoisotopic (exact) mass is 270 g/mol. The Morgan fingerprint density at radius 1 is 1.22 bits per heavy atom. The third-order valence-electron chi connectivity index (χ3n) is 3.16. The van der Waals surface area contributed by atoms with Crippen LogP contribution in [0.25, 0.3) is 0 Å². The quantitative estimate of drug-likeness (QED) is 0.891. The van der Waals surface area contributed by atoms with E-state index in [0.29, 0.717) is 0 Å². The smallest absolute Gasteiger partial charge is 0.148 e. The first kappa shape index (κ1) is 15.2. The average molecular weight is 270 g/mol. The van der Waals surface area contributed by atoms with E-state index in [1.807, 2.05) is 45.0 Å². The zero-order valence-electron chi connectivity index (χ0n) is 11.5. The van der Waals surface area contributed by atoms with Crippen molar-refractivity contribution in [2.45, 2.75) is 32.1 Å². The molecule has 0 aromatic heterocycles. The Morgan fingerprint density at radius 2 is 1.72 bits per heavy atom. The van der Waals surface area contributed by atoms with Gasteiger partial charge >= 0.3 is 0 Å². The first-order chi connectivity index (χ1) is 8.15. The second kappa shape index (κ2) is 5.41. The number of hydrogen-bond donors (Lipinski definition) is 1. The third-order valence-corrected chi connectivity index (χ3v) is 4.40. The van der Waals surface area contributed by atoms with Crippen LogP contribution in [0.2, 0.25) is 0 Å². The Hall–Kier alpha value is -0.870. The van der Waals surface area contributed by atoms with Crippen molar-refractivity contribution in [2.24, 2.45) is 0 Å². The summed E-state index contributed by atoms with van der Waals surface area (Å²) in [6, 6.07) is 7.82. The van der Waals surface area contributed by atoms with Gasteiger partial charge in [0.15, 0.2) is 0 Å². The maximum atomic E-state index is 11.4. The summed E-state index contributed by atoms with van der Waals surface area (Å²) in [5, 5.41) is 9.09. The molecule has 1 aromatic rings. The fourth-order valence-electron chi connectivity index (χ4n) is 2.11. The van der Waals surface area contributed by atoms with Gasteiger partial charge in [0.25, 0.3) is 0 Å². The van der Waals surface area contributed by atoms with Crippen molar-refractivity contribution < 1.29 is 13.5 Å². The van der Waals surface area contributed by atoms with Crippen molar-refractivity contribution in [1.29, 1.82) is 0 Å². The fraction of sp³-hybridized carbons (Fsp3) is 0.571. The van der Waals surface area contributed by atoms with Gasteiger partial charge in [-0.2, -0.15) is 0 Å². The van der Waals surface area contributed by atoms with E-state index < -0.39 is 15.3 Å². The number of rotatable bonds is 5. The van der Waals surface area contributed by atoms with Crippen LogP contribution in [-0.4, -0.2) is 32.1 Å². The molecule has 1 N–H and O–H groups in total. The molecule has 0 aliphatic rings. The fourth-order valence-corrected chi connectivity index (χ4v) is 3.58. The minimum atomic E-state index is -3.00. The lowest BCUT2D eigenvalue weighted by Gasteiger charge is -2.24. The summed E-state index contributed by atoms with van der Waals surface area (Å²) < 4.78 is 22.8. The largest absolute Gasteiger partial charge is 0.396 e. The van der Waals surface area contributed by atoms with Gasteiger partial charge in [0, 0.05) is 24.2 Å². The highest BCUT2D eigenvalue weighted by Crippen LogP contribution is 2.26. The molecule has 1 unspecified atom stereocenters. The number of aliphatic hydroxyl groups is 1. The Kier molecular flexibility index (Phi) is 4.56. The minimum Gasteiger partial charge on any atom is -0.396 e. The van der Waals surface area contributed by atoms with Gasteiger partial charge in [0.2, 0.25) is 0 Å². The maximum absolute atomic E-state index is 11.4. The van der Waals surface area contributed by atoms with Crippen molar-refractivity contribution >= 4 is 9.84 Å². The van der Waals surface area contributed by atoms with Gasteiger partial charge in [-0.15, -0.1) is 0 Å². The predicted octanol–water partition coefficient (Wildman–Crippen LogP) is 2.10. The first-order valence-electron chi connectivity index (χ1n) is 6.05. The SMILES string of the molecule is CC(CO)c1ccc(C(C)(C)CS(C)(=O)=O)cc1. The molecule has 1 rings (SSSR count). The lowest BCUT2D eigenvalue weighted by atomic mass is 9.85. The predicted molar refractivity (Wildman–Crippen MR) is 74.7 cm³/mol. The number of aliphatic hydroxyl groups excluding tert-OH is 1. The van der Waals surface area contributed by atoms with E-state index in [1.54, 1.807) is 0 Å². The number of hydrogen-bond acceptors (Lipinski definition) is 3. The summed E-state index contributed by atoms with van der Waals surface area (Å²) in [5.41, 5.74) is 1.67. The standard InChI is InChI=1S/C14H22O3S/c1-11(9-15)12-5-7-13(8-6-12)14(2,3)10-18(4,16)17/h5-8,11,15H,9-10H2,1-4H3. The number of sulfone groups is 1. The third kappa shape index (κ3) is 4.10. The van der Waals surface area contributed by atoms with Gasteiger partial charge in [-0.1, -0.05) is 45.0 Å². The highest BCUT2D eigenvalue weighted by molar-refractivity contribution is 7.90. The van der Waals surface area contributed by atoms with E-state index in [0.717, 1.165) is 11.1 Å². The van der Waals surface area contributed by atoms with E-state index >= 15 is 0 Å². The summed E-state index contributed by atoms with van der Waals surface area (Å²) in [6.45, 7) is 5.93. The Balaban J connectivity index is 2.97. The first-order valence-corrected chi connectivity index (χ1v) is 8.11. The van der Waals surface area contributed by atoms with Crippen LogP contribution in [0.5, 0.6) is 0 Å². The van der Waals surface area contributed by atoms with E-state index in [2.05, 4.69) is 0 Å². The van der Waals surface area contributed by atoms with Crippen LogP contribution in [0.15, 0.2) is 24.3 Å². The molecule has 0 heterocycles. The van der Waals surface area contributed by atoms with Gasteiger partial charge in [-0.25, -0.2) is 8.42 Å². The summed E-state index contributed by atoms with van der Waals surface area (Å²) in [7, 11) is -3.00. The van der Waals surface area contributed by atoms with Crippen LogP contribution in [0.1, 0.15) is 37.8 Å². The highest BCUT2D eigenvalue weighted by Gasteiger charge is 2.25. The Morgan fingerprint density at radius 3 is 2.11 bits per heavy atom. The summed E-state index contributed by atoms with van der Waals surface area (Å²) in [5.74, 6) is 0.242. The van der Waals surface area contributed by atoms with E-state index in [4.69, 9.17) is 5.11 Å². The molecule has 3 nitrogen and oxygen atoms in total. The van der Waals surface area contributed by atoms with E-state index in [9.17, 15) is 8.42 Å². The maximum Gasteiger partial charge on any atom is 0.148 e. The van der Waals surface area contributed by atoms with Crippen LogP contribution in [0.4, 0.5) is 0 Å². The van der Waals surface area contributed by atoms with Crippen molar-refractivity contribution in [3.05, 3.63) is 35.4 Å². The molecule has 0 bridgehead atoms. The molecule has 0 aliphatic heterocycles. The zero-order valence-corrected chi connectivity index (χ0v) is 12.3. The van der Waals surface area contributed by atoms with Gasteiger partial charge in [-0.3, -0.25) is 0 Å². The van der Waals surface area contributed by atoms with Crippen molar-refractivity contribution in [1.82, 2.24) is 0 Å². The molecule has 1 atom stereocenters. The van der Waals surface area contributed by atoms with Crippen molar-refractivity contribution in [3.63, 3.8) is 0 Å². The molecule has 0 amide bonds. The molecule has 18 heavy (non-hydrogen) atoms. The van der Waals surface area contributed by atoms with E-state index in [1.165, 1.54) is 6.26 Å². The van der Waals surface area contributed by atoms with Gasteiger partial charge < -0.3 is 5.11 Å². The summed E-state index contributed by atoms with van der Waals surface area (Å²) >= 11 is 0. The van der Waals surface area contributed by atoms with Crippen LogP contribution >= 0.6 is 0 Å². The summed E-state index contributed by atoms with van der Waals surface area (Å²) in [6.07, 6.45) is 1.26. The Bertz CT molecular complexity index is 486. The molecule has 0 saturated heterocycles. The second-order valence-electron chi connectivity index (χ2n) is 5.66. The van der Waals surface area contributed by atoms with Gasteiger partial charge in [0.1, 0.15) is 9.84 Å². The van der Waals surface area contributed by atoms with Crippen molar-refractivity contribution in [3.8, 4) is 0 Å².